The number of rotatable bonds is 6. The molecule has 1 aliphatic heterocycles. The van der Waals surface area contributed by atoms with E-state index in [1.165, 1.54) is 6.07 Å². The summed E-state index contributed by atoms with van der Waals surface area (Å²) in [5, 5.41) is 6.94. The first-order valence-corrected chi connectivity index (χ1v) is 8.41. The lowest BCUT2D eigenvalue weighted by Crippen LogP contribution is -2.45. The van der Waals surface area contributed by atoms with Crippen LogP contribution in [-0.4, -0.2) is 23.8 Å². The van der Waals surface area contributed by atoms with Gasteiger partial charge in [-0.25, -0.2) is 4.39 Å². The number of hydrogen-bond donors (Lipinski definition) is 1. The highest BCUT2D eigenvalue weighted by Crippen LogP contribution is 2.26. The molecule has 2 aromatic rings. The summed E-state index contributed by atoms with van der Waals surface area (Å²) in [5.74, 6) is -0.406. The SMILES string of the molecule is C[C@]1(C(=O)NCCCc2ccccc2F)CC(c2ccccc2)=NO1. The third kappa shape index (κ3) is 4.05. The van der Waals surface area contributed by atoms with E-state index < -0.39 is 5.60 Å². The molecule has 25 heavy (non-hydrogen) atoms. The number of aryl methyl sites for hydroxylation is 1. The molecule has 0 spiro atoms. The van der Waals surface area contributed by atoms with Gasteiger partial charge in [0.1, 0.15) is 5.82 Å². The summed E-state index contributed by atoms with van der Waals surface area (Å²) < 4.78 is 13.6. The maximum Gasteiger partial charge on any atom is 0.267 e. The summed E-state index contributed by atoms with van der Waals surface area (Å²) in [6.07, 6.45) is 1.67. The number of carbonyl (C=O) groups is 1. The lowest BCUT2D eigenvalue weighted by atomic mass is 9.95. The maximum atomic E-state index is 13.6. The van der Waals surface area contributed by atoms with Gasteiger partial charge in [0, 0.05) is 13.0 Å². The van der Waals surface area contributed by atoms with Crippen molar-refractivity contribution in [1.29, 1.82) is 0 Å². The summed E-state index contributed by atoms with van der Waals surface area (Å²) in [4.78, 5) is 17.9. The van der Waals surface area contributed by atoms with Crippen molar-refractivity contribution in [1.82, 2.24) is 5.32 Å². The van der Waals surface area contributed by atoms with Gasteiger partial charge in [-0.05, 0) is 37.0 Å². The molecule has 0 aliphatic carbocycles. The van der Waals surface area contributed by atoms with E-state index >= 15 is 0 Å². The van der Waals surface area contributed by atoms with Crippen LogP contribution in [0.1, 0.15) is 30.9 Å². The third-order valence-corrected chi connectivity index (χ3v) is 4.32. The second-order valence-electron chi connectivity index (χ2n) is 6.35. The molecule has 0 saturated carbocycles. The van der Waals surface area contributed by atoms with Crippen molar-refractivity contribution >= 4 is 11.6 Å². The highest BCUT2D eigenvalue weighted by atomic mass is 19.1. The summed E-state index contributed by atoms with van der Waals surface area (Å²) in [5.41, 5.74) is 1.39. The van der Waals surface area contributed by atoms with Gasteiger partial charge in [0.25, 0.3) is 5.91 Å². The number of nitrogens with one attached hydrogen (secondary N) is 1. The fourth-order valence-corrected chi connectivity index (χ4v) is 2.82. The number of hydrogen-bond acceptors (Lipinski definition) is 3. The first-order chi connectivity index (χ1) is 12.1. The van der Waals surface area contributed by atoms with E-state index in [0.717, 1.165) is 11.3 Å². The summed E-state index contributed by atoms with van der Waals surface area (Å²) in [6, 6.07) is 16.4. The molecule has 0 bridgehead atoms. The molecule has 0 fully saturated rings. The zero-order valence-electron chi connectivity index (χ0n) is 14.2. The molecule has 4 nitrogen and oxygen atoms in total. The van der Waals surface area contributed by atoms with E-state index in [4.69, 9.17) is 4.84 Å². The predicted molar refractivity (Wildman–Crippen MR) is 94.8 cm³/mol. The van der Waals surface area contributed by atoms with E-state index in [2.05, 4.69) is 10.5 Å². The minimum Gasteiger partial charge on any atom is -0.379 e. The smallest absolute Gasteiger partial charge is 0.267 e. The number of benzene rings is 2. The quantitative estimate of drug-likeness (QED) is 0.819. The first-order valence-electron chi connectivity index (χ1n) is 8.41. The Morgan fingerprint density at radius 3 is 2.68 bits per heavy atom. The third-order valence-electron chi connectivity index (χ3n) is 4.32. The number of carbonyl (C=O) groups excluding carboxylic acids is 1. The fourth-order valence-electron chi connectivity index (χ4n) is 2.82. The summed E-state index contributed by atoms with van der Waals surface area (Å²) in [7, 11) is 0. The number of halogens is 1. The van der Waals surface area contributed by atoms with Gasteiger partial charge in [-0.2, -0.15) is 0 Å². The van der Waals surface area contributed by atoms with E-state index in [-0.39, 0.29) is 11.7 Å². The Labute approximate surface area is 146 Å². The van der Waals surface area contributed by atoms with Crippen molar-refractivity contribution in [3.63, 3.8) is 0 Å². The minimum atomic E-state index is -0.997. The topological polar surface area (TPSA) is 50.7 Å². The molecule has 1 N–H and O–H groups in total. The van der Waals surface area contributed by atoms with Gasteiger partial charge >= 0.3 is 0 Å². The Morgan fingerprint density at radius 2 is 1.92 bits per heavy atom. The Balaban J connectivity index is 1.48. The fraction of sp³-hybridized carbons (Fsp3) is 0.300. The van der Waals surface area contributed by atoms with E-state index in [0.29, 0.717) is 31.4 Å². The molecule has 0 unspecified atom stereocenters. The highest BCUT2D eigenvalue weighted by molar-refractivity contribution is 6.05. The molecular weight excluding hydrogens is 319 g/mol. The van der Waals surface area contributed by atoms with Crippen molar-refractivity contribution in [2.75, 3.05) is 6.54 Å². The normalized spacial score (nSPS) is 19.2. The standard InChI is InChI=1S/C20H21FN2O2/c1-20(14-18(23-25-20)16-9-3-2-4-10-16)19(24)22-13-7-11-15-8-5-6-12-17(15)21/h2-6,8-10,12H,7,11,13-14H2,1H3,(H,22,24)/t20-/m1/s1. The van der Waals surface area contributed by atoms with Crippen LogP contribution in [0.4, 0.5) is 4.39 Å². The average molecular weight is 340 g/mol. The van der Waals surface area contributed by atoms with Gasteiger partial charge in [-0.1, -0.05) is 53.7 Å². The van der Waals surface area contributed by atoms with E-state index in [1.807, 2.05) is 36.4 Å². The van der Waals surface area contributed by atoms with E-state index in [1.54, 1.807) is 19.1 Å². The molecule has 1 aliphatic rings. The second kappa shape index (κ2) is 7.47. The van der Waals surface area contributed by atoms with Crippen LogP contribution < -0.4 is 5.32 Å². The molecule has 0 saturated heterocycles. The molecule has 1 atom stereocenters. The molecule has 130 valence electrons. The van der Waals surface area contributed by atoms with Gasteiger partial charge in [-0.15, -0.1) is 0 Å². The van der Waals surface area contributed by atoms with Crippen LogP contribution in [0.25, 0.3) is 0 Å². The Bertz CT molecular complexity index is 776. The molecular formula is C20H21FN2O2. The Hall–Kier alpha value is -2.69. The van der Waals surface area contributed by atoms with Crippen molar-refractivity contribution < 1.29 is 14.0 Å². The number of oxime groups is 1. The molecule has 5 heteroatoms. The minimum absolute atomic E-state index is 0.198. The molecule has 3 rings (SSSR count). The van der Waals surface area contributed by atoms with E-state index in [9.17, 15) is 9.18 Å². The molecule has 1 heterocycles. The summed E-state index contributed by atoms with van der Waals surface area (Å²) >= 11 is 0. The first kappa shape index (κ1) is 17.1. The largest absolute Gasteiger partial charge is 0.379 e. The Morgan fingerprint density at radius 1 is 1.20 bits per heavy atom. The van der Waals surface area contributed by atoms with Crippen LogP contribution in [0.3, 0.4) is 0 Å². The lowest BCUT2D eigenvalue weighted by molar-refractivity contribution is -0.141. The average Bonchev–Trinajstić information content (AvgIpc) is 3.04. The van der Waals surface area contributed by atoms with Gasteiger partial charge in [-0.3, -0.25) is 4.79 Å². The van der Waals surface area contributed by atoms with Crippen LogP contribution in [0.2, 0.25) is 0 Å². The molecule has 1 amide bonds. The van der Waals surface area contributed by atoms with Crippen LogP contribution in [0.15, 0.2) is 59.8 Å². The highest BCUT2D eigenvalue weighted by Gasteiger charge is 2.41. The number of nitrogens with zero attached hydrogens (tertiary/aromatic N) is 1. The lowest BCUT2D eigenvalue weighted by Gasteiger charge is -2.20. The van der Waals surface area contributed by atoms with Gasteiger partial charge in [0.15, 0.2) is 0 Å². The van der Waals surface area contributed by atoms with Crippen molar-refractivity contribution in [3.05, 3.63) is 71.5 Å². The van der Waals surface area contributed by atoms with Crippen molar-refractivity contribution in [3.8, 4) is 0 Å². The molecule has 0 aromatic heterocycles. The summed E-state index contributed by atoms with van der Waals surface area (Å²) in [6.45, 7) is 2.20. The molecule has 0 radical (unpaired) electrons. The van der Waals surface area contributed by atoms with Gasteiger partial charge < -0.3 is 10.2 Å². The van der Waals surface area contributed by atoms with Crippen LogP contribution in [-0.2, 0) is 16.1 Å². The second-order valence-corrected chi connectivity index (χ2v) is 6.35. The van der Waals surface area contributed by atoms with Crippen LogP contribution in [0, 0.1) is 5.82 Å². The predicted octanol–water partition coefficient (Wildman–Crippen LogP) is 3.46. The van der Waals surface area contributed by atoms with Gasteiger partial charge in [0.2, 0.25) is 5.60 Å². The monoisotopic (exact) mass is 340 g/mol. The zero-order valence-corrected chi connectivity index (χ0v) is 14.2. The molecule has 2 aromatic carbocycles. The van der Waals surface area contributed by atoms with Crippen molar-refractivity contribution in [2.45, 2.75) is 31.8 Å². The maximum absolute atomic E-state index is 13.6. The Kier molecular flexibility index (Phi) is 5.12. The van der Waals surface area contributed by atoms with Crippen LogP contribution >= 0.6 is 0 Å². The number of amides is 1. The van der Waals surface area contributed by atoms with Crippen LogP contribution in [0.5, 0.6) is 0 Å². The van der Waals surface area contributed by atoms with Crippen molar-refractivity contribution in [2.24, 2.45) is 5.16 Å². The van der Waals surface area contributed by atoms with Gasteiger partial charge in [0.05, 0.1) is 5.71 Å². The zero-order chi connectivity index (χ0) is 17.7.